The molecule has 0 bridgehead atoms. The summed E-state index contributed by atoms with van der Waals surface area (Å²) in [5, 5.41) is 3.15. The quantitative estimate of drug-likeness (QED) is 0.898. The summed E-state index contributed by atoms with van der Waals surface area (Å²) >= 11 is 5.87. The van der Waals surface area contributed by atoms with E-state index in [9.17, 15) is 8.42 Å². The van der Waals surface area contributed by atoms with Crippen LogP contribution in [0.25, 0.3) is 0 Å². The number of halogens is 2. The second-order valence-electron chi connectivity index (χ2n) is 3.36. The summed E-state index contributed by atoms with van der Waals surface area (Å²) in [6.07, 6.45) is 0. The number of hydrogen-bond donors (Lipinski definition) is 1. The number of nitrogens with zero attached hydrogens (tertiary/aromatic N) is 1. The Morgan fingerprint density at radius 2 is 1.94 bits per heavy atom. The molecular formula is C10H16Cl2N2O2S. The predicted molar refractivity (Wildman–Crippen MR) is 72.4 cm³/mol. The van der Waals surface area contributed by atoms with Gasteiger partial charge in [0.05, 0.1) is 5.02 Å². The van der Waals surface area contributed by atoms with E-state index < -0.39 is 10.0 Å². The first-order chi connectivity index (χ1) is 7.50. The van der Waals surface area contributed by atoms with Crippen LogP contribution >= 0.6 is 24.0 Å². The Kier molecular flexibility index (Phi) is 7.04. The van der Waals surface area contributed by atoms with Crippen molar-refractivity contribution in [2.75, 3.05) is 27.2 Å². The van der Waals surface area contributed by atoms with Gasteiger partial charge in [0.2, 0.25) is 10.0 Å². The maximum atomic E-state index is 12.1. The summed E-state index contributed by atoms with van der Waals surface area (Å²) in [6.45, 7) is 1.00. The standard InChI is InChI=1S/C10H15ClN2O2S.ClH/c1-12-7-8-13(2)16(14,15)10-6-4-3-5-9(10)11;/h3-6,12H,7-8H2,1-2H3;1H. The van der Waals surface area contributed by atoms with E-state index in [2.05, 4.69) is 5.32 Å². The molecule has 0 aromatic heterocycles. The van der Waals surface area contributed by atoms with Gasteiger partial charge in [-0.05, 0) is 19.2 Å². The maximum Gasteiger partial charge on any atom is 0.244 e. The van der Waals surface area contributed by atoms with Crippen LogP contribution in [0.2, 0.25) is 5.02 Å². The highest BCUT2D eigenvalue weighted by Gasteiger charge is 2.22. The van der Waals surface area contributed by atoms with Gasteiger partial charge in [-0.3, -0.25) is 0 Å². The fourth-order valence-electron chi connectivity index (χ4n) is 1.21. The van der Waals surface area contributed by atoms with Crippen molar-refractivity contribution in [2.45, 2.75) is 4.90 Å². The molecule has 1 N–H and O–H groups in total. The van der Waals surface area contributed by atoms with Gasteiger partial charge < -0.3 is 5.32 Å². The Hall–Kier alpha value is -0.330. The molecule has 0 aliphatic heterocycles. The Balaban J connectivity index is 0.00000256. The van der Waals surface area contributed by atoms with Crippen LogP contribution in [0.15, 0.2) is 29.2 Å². The summed E-state index contributed by atoms with van der Waals surface area (Å²) in [5.74, 6) is 0. The minimum absolute atomic E-state index is 0. The minimum atomic E-state index is -3.48. The lowest BCUT2D eigenvalue weighted by molar-refractivity contribution is 0.466. The predicted octanol–water partition coefficient (Wildman–Crippen LogP) is 1.60. The van der Waals surface area contributed by atoms with Gasteiger partial charge >= 0.3 is 0 Å². The van der Waals surface area contributed by atoms with Crippen LogP contribution in [-0.4, -0.2) is 39.9 Å². The number of benzene rings is 1. The van der Waals surface area contributed by atoms with Gasteiger partial charge in [-0.25, -0.2) is 8.42 Å². The van der Waals surface area contributed by atoms with E-state index in [0.29, 0.717) is 13.1 Å². The van der Waals surface area contributed by atoms with Crippen molar-refractivity contribution < 1.29 is 8.42 Å². The lowest BCUT2D eigenvalue weighted by atomic mass is 10.4. The van der Waals surface area contributed by atoms with E-state index in [1.807, 2.05) is 0 Å². The molecule has 1 aromatic rings. The zero-order valence-corrected chi connectivity index (χ0v) is 12.1. The van der Waals surface area contributed by atoms with E-state index in [1.165, 1.54) is 17.4 Å². The molecule has 0 fully saturated rings. The molecule has 0 aliphatic rings. The van der Waals surface area contributed by atoms with E-state index in [4.69, 9.17) is 11.6 Å². The smallest absolute Gasteiger partial charge is 0.244 e. The molecule has 17 heavy (non-hydrogen) atoms. The van der Waals surface area contributed by atoms with Crippen molar-refractivity contribution in [2.24, 2.45) is 0 Å². The molecular weight excluding hydrogens is 283 g/mol. The highest BCUT2D eigenvalue weighted by Crippen LogP contribution is 2.22. The summed E-state index contributed by atoms with van der Waals surface area (Å²) in [6, 6.07) is 6.44. The zero-order valence-electron chi connectivity index (χ0n) is 9.68. The van der Waals surface area contributed by atoms with Crippen LogP contribution in [0.4, 0.5) is 0 Å². The average molecular weight is 299 g/mol. The molecule has 98 valence electrons. The third-order valence-electron chi connectivity index (χ3n) is 2.20. The van der Waals surface area contributed by atoms with Crippen molar-refractivity contribution in [3.8, 4) is 0 Å². The van der Waals surface area contributed by atoms with E-state index in [1.54, 1.807) is 25.2 Å². The second-order valence-corrected chi connectivity index (χ2v) is 5.78. The summed E-state index contributed by atoms with van der Waals surface area (Å²) in [7, 11) is -0.169. The lowest BCUT2D eigenvalue weighted by Gasteiger charge is -2.17. The molecule has 1 rings (SSSR count). The molecule has 0 heterocycles. The highest BCUT2D eigenvalue weighted by atomic mass is 35.5. The molecule has 0 saturated heterocycles. The van der Waals surface area contributed by atoms with Crippen LogP contribution in [0.5, 0.6) is 0 Å². The largest absolute Gasteiger partial charge is 0.318 e. The molecule has 0 radical (unpaired) electrons. The number of sulfonamides is 1. The monoisotopic (exact) mass is 298 g/mol. The number of hydrogen-bond acceptors (Lipinski definition) is 3. The van der Waals surface area contributed by atoms with E-state index >= 15 is 0 Å². The zero-order chi connectivity index (χ0) is 12.2. The van der Waals surface area contributed by atoms with E-state index in [-0.39, 0.29) is 22.3 Å². The normalized spacial score (nSPS) is 11.3. The van der Waals surface area contributed by atoms with Crippen LogP contribution < -0.4 is 5.32 Å². The van der Waals surface area contributed by atoms with Crippen molar-refractivity contribution in [1.29, 1.82) is 0 Å². The van der Waals surface area contributed by atoms with Crippen LogP contribution in [0.3, 0.4) is 0 Å². The second kappa shape index (κ2) is 7.18. The Morgan fingerprint density at radius 1 is 1.35 bits per heavy atom. The third-order valence-corrected chi connectivity index (χ3v) is 4.56. The molecule has 7 heteroatoms. The van der Waals surface area contributed by atoms with Crippen molar-refractivity contribution in [1.82, 2.24) is 9.62 Å². The highest BCUT2D eigenvalue weighted by molar-refractivity contribution is 7.89. The minimum Gasteiger partial charge on any atom is -0.318 e. The van der Waals surface area contributed by atoms with Crippen LogP contribution in [0, 0.1) is 0 Å². The summed E-state index contributed by atoms with van der Waals surface area (Å²) in [4.78, 5) is 0.148. The molecule has 0 atom stereocenters. The fraction of sp³-hybridized carbons (Fsp3) is 0.400. The lowest BCUT2D eigenvalue weighted by Crippen LogP contribution is -2.32. The fourth-order valence-corrected chi connectivity index (χ4v) is 2.87. The molecule has 1 aromatic carbocycles. The molecule has 0 amide bonds. The first-order valence-corrected chi connectivity index (χ1v) is 6.67. The van der Waals surface area contributed by atoms with Crippen molar-refractivity contribution in [3.05, 3.63) is 29.3 Å². The third kappa shape index (κ3) is 4.12. The Bertz CT molecular complexity index is 451. The van der Waals surface area contributed by atoms with Crippen molar-refractivity contribution >= 4 is 34.0 Å². The van der Waals surface area contributed by atoms with Gasteiger partial charge in [-0.1, -0.05) is 23.7 Å². The summed E-state index contributed by atoms with van der Waals surface area (Å²) < 4.78 is 25.4. The number of likely N-dealkylation sites (N-methyl/N-ethyl adjacent to an activating group) is 2. The van der Waals surface area contributed by atoms with Crippen LogP contribution in [-0.2, 0) is 10.0 Å². The van der Waals surface area contributed by atoms with Crippen LogP contribution in [0.1, 0.15) is 0 Å². The van der Waals surface area contributed by atoms with Gasteiger partial charge in [0, 0.05) is 20.1 Å². The molecule has 4 nitrogen and oxygen atoms in total. The molecule has 0 spiro atoms. The SMILES string of the molecule is CNCCN(C)S(=O)(=O)c1ccccc1Cl.Cl. The van der Waals surface area contributed by atoms with Gasteiger partial charge in [0.15, 0.2) is 0 Å². The Morgan fingerprint density at radius 3 is 2.47 bits per heavy atom. The average Bonchev–Trinajstić information content (AvgIpc) is 2.26. The van der Waals surface area contributed by atoms with Gasteiger partial charge in [-0.2, -0.15) is 4.31 Å². The summed E-state index contributed by atoms with van der Waals surface area (Å²) in [5.41, 5.74) is 0. The van der Waals surface area contributed by atoms with Gasteiger partial charge in [0.25, 0.3) is 0 Å². The molecule has 0 unspecified atom stereocenters. The number of nitrogens with one attached hydrogen (secondary N) is 1. The van der Waals surface area contributed by atoms with E-state index in [0.717, 1.165) is 0 Å². The first kappa shape index (κ1) is 16.7. The maximum absolute atomic E-state index is 12.1. The van der Waals surface area contributed by atoms with Crippen molar-refractivity contribution in [3.63, 3.8) is 0 Å². The topological polar surface area (TPSA) is 49.4 Å². The Labute approximate surface area is 113 Å². The molecule has 0 aliphatic carbocycles. The molecule has 0 saturated carbocycles. The van der Waals surface area contributed by atoms with Gasteiger partial charge in [0.1, 0.15) is 4.90 Å². The first-order valence-electron chi connectivity index (χ1n) is 4.85. The number of rotatable bonds is 5. The van der Waals surface area contributed by atoms with Gasteiger partial charge in [-0.15, -0.1) is 12.4 Å².